The minimum absolute atomic E-state index is 0.761. The monoisotopic (exact) mass is 149 g/mol. The fourth-order valence-electron chi connectivity index (χ4n) is 0.660. The Balaban J connectivity index is 3.86. The summed E-state index contributed by atoms with van der Waals surface area (Å²) in [4.78, 5) is 4.06. The van der Waals surface area contributed by atoms with Crippen LogP contribution in [-0.2, 0) is 0 Å². The van der Waals surface area contributed by atoms with Crippen molar-refractivity contribution in [3.63, 3.8) is 0 Å². The number of hydrogen-bond donors (Lipinski definition) is 0. The van der Waals surface area contributed by atoms with Gasteiger partial charge in [0.05, 0.1) is 6.54 Å². The Morgan fingerprint density at radius 2 is 2.36 bits per heavy atom. The molecule has 0 N–H and O–H groups in total. The highest BCUT2D eigenvalue weighted by Crippen LogP contribution is 1.98. The van der Waals surface area contributed by atoms with Crippen LogP contribution < -0.4 is 0 Å². The lowest BCUT2D eigenvalue weighted by Gasteiger charge is -1.94. The van der Waals surface area contributed by atoms with Crippen molar-refractivity contribution in [1.82, 2.24) is 0 Å². The van der Waals surface area contributed by atoms with Crippen molar-refractivity contribution in [1.29, 1.82) is 0 Å². The summed E-state index contributed by atoms with van der Waals surface area (Å²) in [5.74, 6) is 2.78. The van der Waals surface area contributed by atoms with E-state index in [-0.39, 0.29) is 0 Å². The zero-order chi connectivity index (χ0) is 8.53. The van der Waals surface area contributed by atoms with Crippen LogP contribution in [0, 0.1) is 0 Å². The van der Waals surface area contributed by atoms with Crippen LogP contribution in [0.25, 0.3) is 0 Å². The van der Waals surface area contributed by atoms with Crippen molar-refractivity contribution in [2.45, 2.75) is 20.3 Å². The first kappa shape index (κ1) is 9.93. The number of hydrogen-bond acceptors (Lipinski definition) is 1. The molecule has 0 aliphatic carbocycles. The van der Waals surface area contributed by atoms with Crippen molar-refractivity contribution in [3.8, 4) is 0 Å². The van der Waals surface area contributed by atoms with Gasteiger partial charge in [0.25, 0.3) is 0 Å². The number of aliphatic imine (C=N–C) groups is 1. The molecule has 0 atom stereocenters. The number of rotatable bonds is 4. The first-order chi connectivity index (χ1) is 5.35. The summed E-state index contributed by atoms with van der Waals surface area (Å²) in [6.07, 6.45) is 6.54. The fourth-order valence-corrected chi connectivity index (χ4v) is 0.660. The molecule has 0 saturated carbocycles. The Morgan fingerprint density at radius 3 is 2.82 bits per heavy atom. The lowest BCUT2D eigenvalue weighted by atomic mass is 10.2. The molecule has 0 saturated heterocycles. The molecule has 0 radical (unpaired) electrons. The topological polar surface area (TPSA) is 12.4 Å². The predicted octanol–water partition coefficient (Wildman–Crippen LogP) is 2.75. The lowest BCUT2D eigenvalue weighted by Crippen LogP contribution is -1.84. The maximum atomic E-state index is 4.06. The molecule has 0 aliphatic heterocycles. The minimum atomic E-state index is 0.761. The average molecular weight is 149 g/mol. The molecule has 1 nitrogen and oxygen atoms in total. The molecule has 11 heavy (non-hydrogen) atoms. The van der Waals surface area contributed by atoms with E-state index in [9.17, 15) is 0 Å². The van der Waals surface area contributed by atoms with Crippen LogP contribution >= 0.6 is 0 Å². The Hall–Kier alpha value is -1.07. The fraction of sp³-hybridized carbons (Fsp3) is 0.400. The smallest absolute Gasteiger partial charge is 0.0694 e. The molecule has 0 bridgehead atoms. The van der Waals surface area contributed by atoms with E-state index in [4.69, 9.17) is 0 Å². The first-order valence-corrected chi connectivity index (χ1v) is 3.85. The lowest BCUT2D eigenvalue weighted by molar-refractivity contribution is 1.01. The van der Waals surface area contributed by atoms with Gasteiger partial charge in [0.2, 0.25) is 0 Å². The third-order valence-electron chi connectivity index (χ3n) is 1.43. The van der Waals surface area contributed by atoms with E-state index in [2.05, 4.69) is 30.4 Å². The van der Waals surface area contributed by atoms with Crippen LogP contribution in [-0.4, -0.2) is 12.4 Å². The molecule has 0 rings (SSSR count). The normalized spacial score (nSPS) is 10.2. The van der Waals surface area contributed by atoms with E-state index < -0.39 is 0 Å². The average Bonchev–Trinajstić information content (AvgIpc) is 2.05. The summed E-state index contributed by atoms with van der Waals surface area (Å²) >= 11 is 0. The number of allylic oxidation sites excluding steroid dienone is 3. The molecule has 0 aromatic heterocycles. The maximum absolute atomic E-state index is 4.06. The molecule has 0 aliphatic rings. The molecule has 0 aromatic carbocycles. The van der Waals surface area contributed by atoms with Crippen molar-refractivity contribution >= 4 is 5.87 Å². The summed E-state index contributed by atoms with van der Waals surface area (Å²) in [6.45, 7) is 8.45. The quantitative estimate of drug-likeness (QED) is 0.331. The summed E-state index contributed by atoms with van der Waals surface area (Å²) in [5, 5.41) is 0. The third-order valence-corrected chi connectivity index (χ3v) is 1.43. The van der Waals surface area contributed by atoms with Gasteiger partial charge >= 0.3 is 0 Å². The second-order valence-corrected chi connectivity index (χ2v) is 2.15. The largest absolute Gasteiger partial charge is 0.239 e. The van der Waals surface area contributed by atoms with E-state index in [0.29, 0.717) is 0 Å². The van der Waals surface area contributed by atoms with Crippen LogP contribution in [0.5, 0.6) is 0 Å². The molecular formula is C10H15N. The maximum Gasteiger partial charge on any atom is 0.0694 e. The zero-order valence-corrected chi connectivity index (χ0v) is 7.30. The summed E-state index contributed by atoms with van der Waals surface area (Å²) in [7, 11) is 0. The first-order valence-electron chi connectivity index (χ1n) is 3.85. The van der Waals surface area contributed by atoms with Crippen LogP contribution in [0.1, 0.15) is 20.3 Å². The molecule has 0 spiro atoms. The van der Waals surface area contributed by atoms with E-state index in [1.165, 1.54) is 5.57 Å². The summed E-state index contributed by atoms with van der Waals surface area (Å²) in [6, 6.07) is 0. The van der Waals surface area contributed by atoms with Gasteiger partial charge < -0.3 is 0 Å². The molecular weight excluding hydrogens is 134 g/mol. The van der Waals surface area contributed by atoms with E-state index >= 15 is 0 Å². The molecule has 60 valence electrons. The zero-order valence-electron chi connectivity index (χ0n) is 7.30. The van der Waals surface area contributed by atoms with Crippen LogP contribution in [0.15, 0.2) is 35.4 Å². The molecule has 0 amide bonds. The Morgan fingerprint density at radius 1 is 1.64 bits per heavy atom. The van der Waals surface area contributed by atoms with Crippen molar-refractivity contribution in [3.05, 3.63) is 30.4 Å². The van der Waals surface area contributed by atoms with Crippen molar-refractivity contribution in [2.75, 3.05) is 6.54 Å². The van der Waals surface area contributed by atoms with Gasteiger partial charge in [-0.3, -0.25) is 0 Å². The minimum Gasteiger partial charge on any atom is -0.239 e. The van der Waals surface area contributed by atoms with E-state index in [1.54, 1.807) is 12.2 Å². The molecule has 1 heteroatoms. The third kappa shape index (κ3) is 5.38. The van der Waals surface area contributed by atoms with Gasteiger partial charge in [-0.2, -0.15) is 0 Å². The van der Waals surface area contributed by atoms with Gasteiger partial charge in [-0.15, -0.1) is 0 Å². The Labute approximate surface area is 68.9 Å². The second-order valence-electron chi connectivity index (χ2n) is 2.15. The van der Waals surface area contributed by atoms with Crippen LogP contribution in [0.2, 0.25) is 0 Å². The number of nitrogens with zero attached hydrogens (tertiary/aromatic N) is 1. The Bertz CT molecular complexity index is 193. The Kier molecular flexibility index (Phi) is 6.36. The van der Waals surface area contributed by atoms with Gasteiger partial charge in [0.1, 0.15) is 0 Å². The molecule has 0 aromatic rings. The van der Waals surface area contributed by atoms with Crippen molar-refractivity contribution < 1.29 is 0 Å². The van der Waals surface area contributed by atoms with Gasteiger partial charge in [-0.25, -0.2) is 4.99 Å². The summed E-state index contributed by atoms with van der Waals surface area (Å²) in [5.41, 5.74) is 1.34. The van der Waals surface area contributed by atoms with Gasteiger partial charge in [-0.1, -0.05) is 31.2 Å². The summed E-state index contributed by atoms with van der Waals surface area (Å²) < 4.78 is 0. The molecule has 0 unspecified atom stereocenters. The second kappa shape index (κ2) is 7.04. The van der Waals surface area contributed by atoms with Crippen LogP contribution in [0.3, 0.4) is 0 Å². The molecule has 0 fully saturated rings. The highest BCUT2D eigenvalue weighted by molar-refractivity contribution is 5.54. The van der Waals surface area contributed by atoms with Gasteiger partial charge in [0.15, 0.2) is 0 Å². The van der Waals surface area contributed by atoms with Crippen LogP contribution in [0.4, 0.5) is 0 Å². The standard InChI is InChI=1S/C10H15N/c1-4-7-8-11-9-10(5-2)6-3/h4-5,7H,1,6,9H2,2-3H3/b10-5-. The van der Waals surface area contributed by atoms with Gasteiger partial charge in [0, 0.05) is 0 Å². The van der Waals surface area contributed by atoms with E-state index in [1.807, 2.05) is 6.92 Å². The van der Waals surface area contributed by atoms with E-state index in [0.717, 1.165) is 13.0 Å². The highest BCUT2D eigenvalue weighted by Gasteiger charge is 1.86. The predicted molar refractivity (Wildman–Crippen MR) is 51.1 cm³/mol. The highest BCUT2D eigenvalue weighted by atomic mass is 14.7. The molecule has 0 heterocycles. The van der Waals surface area contributed by atoms with Gasteiger partial charge in [-0.05, 0) is 25.3 Å². The SMILES string of the molecule is C=CC=C=NC/C(=C\C)CC. The van der Waals surface area contributed by atoms with Crippen molar-refractivity contribution in [2.24, 2.45) is 4.99 Å².